The second-order valence-electron chi connectivity index (χ2n) is 7.24. The topological polar surface area (TPSA) is 60.6 Å². The van der Waals surface area contributed by atoms with Gasteiger partial charge in [0.2, 0.25) is 5.89 Å². The number of aromatic nitrogens is 2. The number of para-hydroxylation sites is 1. The minimum absolute atomic E-state index is 0.554. The number of fused-ring (bicyclic) bond motifs is 1. The summed E-state index contributed by atoms with van der Waals surface area (Å²) in [6.45, 7) is 5.33. The first kappa shape index (κ1) is 20.4. The van der Waals surface area contributed by atoms with Gasteiger partial charge >= 0.3 is 0 Å². The van der Waals surface area contributed by atoms with Crippen molar-refractivity contribution in [3.63, 3.8) is 0 Å². The summed E-state index contributed by atoms with van der Waals surface area (Å²) in [5.41, 5.74) is 3.69. The molecule has 0 radical (unpaired) electrons. The molecule has 4 rings (SSSR count). The summed E-state index contributed by atoms with van der Waals surface area (Å²) in [7, 11) is 5.36. The third-order valence-electron chi connectivity index (χ3n) is 5.07. The summed E-state index contributed by atoms with van der Waals surface area (Å²) >= 11 is 1.73. The van der Waals surface area contributed by atoms with Gasteiger partial charge in [-0.25, -0.2) is 9.97 Å². The first-order valence-electron chi connectivity index (χ1n) is 9.71. The molecular weight excluding hydrogens is 398 g/mol. The minimum Gasteiger partial charge on any atom is -0.496 e. The van der Waals surface area contributed by atoms with Crippen molar-refractivity contribution in [3.8, 4) is 23.0 Å². The number of hydrogen-bond acceptors (Lipinski definition) is 7. The van der Waals surface area contributed by atoms with Gasteiger partial charge in [0, 0.05) is 12.1 Å². The van der Waals surface area contributed by atoms with Gasteiger partial charge in [0.25, 0.3) is 0 Å². The van der Waals surface area contributed by atoms with E-state index in [-0.39, 0.29) is 0 Å². The van der Waals surface area contributed by atoms with Crippen molar-refractivity contribution in [1.82, 2.24) is 14.9 Å². The first-order valence-corrected chi connectivity index (χ1v) is 10.5. The summed E-state index contributed by atoms with van der Waals surface area (Å²) in [4.78, 5) is 11.7. The molecule has 2 aromatic carbocycles. The summed E-state index contributed by atoms with van der Waals surface area (Å²) in [5, 5.41) is 1.09. The number of oxazole rings is 1. The average Bonchev–Trinajstić information content (AvgIpc) is 3.30. The lowest BCUT2D eigenvalue weighted by Crippen LogP contribution is -2.17. The minimum atomic E-state index is 0.554. The molecule has 6 nitrogen and oxygen atoms in total. The zero-order valence-corrected chi connectivity index (χ0v) is 18.7. The lowest BCUT2D eigenvalue weighted by molar-refractivity contribution is 0.313. The Morgan fingerprint density at radius 3 is 2.53 bits per heavy atom. The summed E-state index contributed by atoms with van der Waals surface area (Å²) in [5.74, 6) is 2.84. The van der Waals surface area contributed by atoms with Crippen LogP contribution in [0.3, 0.4) is 0 Å². The van der Waals surface area contributed by atoms with Crippen LogP contribution < -0.4 is 9.47 Å². The van der Waals surface area contributed by atoms with Crippen LogP contribution in [-0.4, -0.2) is 36.1 Å². The van der Waals surface area contributed by atoms with Crippen LogP contribution in [0.1, 0.15) is 22.0 Å². The van der Waals surface area contributed by atoms with E-state index in [1.807, 2.05) is 44.2 Å². The van der Waals surface area contributed by atoms with E-state index in [9.17, 15) is 0 Å². The van der Waals surface area contributed by atoms with Gasteiger partial charge in [0.1, 0.15) is 22.3 Å². The predicted octanol–water partition coefficient (Wildman–Crippen LogP) is 5.22. The zero-order chi connectivity index (χ0) is 21.3. The fourth-order valence-electron chi connectivity index (χ4n) is 3.55. The summed E-state index contributed by atoms with van der Waals surface area (Å²) < 4.78 is 18.2. The number of nitrogens with zero attached hydrogens (tertiary/aromatic N) is 3. The quantitative estimate of drug-likeness (QED) is 0.406. The van der Waals surface area contributed by atoms with Crippen molar-refractivity contribution in [1.29, 1.82) is 0 Å². The molecule has 0 saturated carbocycles. The van der Waals surface area contributed by atoms with Crippen molar-refractivity contribution in [2.45, 2.75) is 26.9 Å². The van der Waals surface area contributed by atoms with E-state index in [0.29, 0.717) is 18.2 Å². The number of benzene rings is 2. The zero-order valence-electron chi connectivity index (χ0n) is 17.9. The van der Waals surface area contributed by atoms with Crippen LogP contribution in [-0.2, 0) is 13.1 Å². The molecule has 2 heterocycles. The molecule has 0 bridgehead atoms. The smallest absolute Gasteiger partial charge is 0.230 e. The van der Waals surface area contributed by atoms with Crippen molar-refractivity contribution in [2.24, 2.45) is 0 Å². The molecule has 0 N–H and O–H groups in total. The van der Waals surface area contributed by atoms with Crippen LogP contribution >= 0.6 is 11.3 Å². The molecule has 0 saturated heterocycles. The van der Waals surface area contributed by atoms with Crippen LogP contribution in [0, 0.1) is 13.8 Å². The highest BCUT2D eigenvalue weighted by atomic mass is 32.1. The molecule has 2 aromatic heterocycles. The molecule has 0 atom stereocenters. The van der Waals surface area contributed by atoms with Gasteiger partial charge in [-0.15, -0.1) is 11.3 Å². The Morgan fingerprint density at radius 1 is 1.00 bits per heavy atom. The molecular formula is C23H25N3O3S. The van der Waals surface area contributed by atoms with Crippen LogP contribution in [0.2, 0.25) is 0 Å². The Kier molecular flexibility index (Phi) is 5.74. The molecule has 7 heteroatoms. The number of thiazole rings is 1. The van der Waals surface area contributed by atoms with Crippen molar-refractivity contribution in [2.75, 3.05) is 21.3 Å². The molecule has 0 amide bonds. The Labute approximate surface area is 180 Å². The molecule has 0 aliphatic carbocycles. The summed E-state index contributed by atoms with van der Waals surface area (Å²) in [6.07, 6.45) is 0. The second kappa shape index (κ2) is 8.45. The van der Waals surface area contributed by atoms with Crippen LogP contribution in [0.4, 0.5) is 0 Å². The summed E-state index contributed by atoms with van der Waals surface area (Å²) in [6, 6.07) is 12.0. The van der Waals surface area contributed by atoms with E-state index in [2.05, 4.69) is 18.0 Å². The van der Waals surface area contributed by atoms with E-state index in [1.165, 1.54) is 4.70 Å². The van der Waals surface area contributed by atoms with Gasteiger partial charge in [-0.05, 0) is 45.2 Å². The number of hydrogen-bond donors (Lipinski definition) is 0. The Bertz CT molecular complexity index is 1150. The third-order valence-corrected chi connectivity index (χ3v) is 6.09. The molecule has 0 fully saturated rings. The highest BCUT2D eigenvalue weighted by Crippen LogP contribution is 2.38. The molecule has 0 unspecified atom stereocenters. The standard InChI is InChI=1S/C23H25N3O3S/c1-14-19(27-4)11-10-16(22(14)28-5)23-25-18(15(2)29-23)12-26(3)13-21-24-17-8-6-7-9-20(17)30-21/h6-11H,12-13H2,1-5H3. The maximum atomic E-state index is 6.00. The lowest BCUT2D eigenvalue weighted by Gasteiger charge is -2.13. The normalized spacial score (nSPS) is 11.4. The van der Waals surface area contributed by atoms with Gasteiger partial charge in [-0.3, -0.25) is 4.90 Å². The van der Waals surface area contributed by atoms with Gasteiger partial charge in [-0.2, -0.15) is 0 Å². The van der Waals surface area contributed by atoms with E-state index < -0.39 is 0 Å². The highest BCUT2D eigenvalue weighted by molar-refractivity contribution is 7.18. The van der Waals surface area contributed by atoms with E-state index in [1.54, 1.807) is 25.6 Å². The number of aryl methyl sites for hydroxylation is 1. The maximum Gasteiger partial charge on any atom is 0.230 e. The molecule has 30 heavy (non-hydrogen) atoms. The molecule has 156 valence electrons. The van der Waals surface area contributed by atoms with Gasteiger partial charge in [0.05, 0.1) is 42.2 Å². The molecule has 0 aliphatic rings. The highest BCUT2D eigenvalue weighted by Gasteiger charge is 2.20. The van der Waals surface area contributed by atoms with Crippen LogP contribution in [0.25, 0.3) is 21.7 Å². The van der Waals surface area contributed by atoms with Crippen LogP contribution in [0.15, 0.2) is 40.8 Å². The molecule has 0 aliphatic heterocycles. The third kappa shape index (κ3) is 3.91. The fraction of sp³-hybridized carbons (Fsp3) is 0.304. The van der Waals surface area contributed by atoms with E-state index >= 15 is 0 Å². The average molecular weight is 424 g/mol. The monoisotopic (exact) mass is 423 g/mol. The first-order chi connectivity index (χ1) is 14.5. The van der Waals surface area contributed by atoms with Crippen molar-refractivity contribution >= 4 is 21.6 Å². The molecule has 4 aromatic rings. The maximum absolute atomic E-state index is 6.00. The number of rotatable bonds is 7. The van der Waals surface area contributed by atoms with E-state index in [0.717, 1.165) is 45.4 Å². The van der Waals surface area contributed by atoms with E-state index in [4.69, 9.17) is 23.9 Å². The second-order valence-corrected chi connectivity index (χ2v) is 8.36. The number of methoxy groups -OCH3 is 2. The van der Waals surface area contributed by atoms with Crippen LogP contribution in [0.5, 0.6) is 11.5 Å². The van der Waals surface area contributed by atoms with Crippen molar-refractivity contribution in [3.05, 3.63) is 58.4 Å². The molecule has 0 spiro atoms. The Balaban J connectivity index is 1.55. The number of ether oxygens (including phenoxy) is 2. The Hall–Kier alpha value is -2.90. The van der Waals surface area contributed by atoms with Gasteiger partial charge in [0.15, 0.2) is 0 Å². The lowest BCUT2D eigenvalue weighted by atomic mass is 10.1. The predicted molar refractivity (Wildman–Crippen MR) is 119 cm³/mol. The largest absolute Gasteiger partial charge is 0.496 e. The van der Waals surface area contributed by atoms with Gasteiger partial charge in [-0.1, -0.05) is 12.1 Å². The van der Waals surface area contributed by atoms with Gasteiger partial charge < -0.3 is 13.9 Å². The fourth-order valence-corrected chi connectivity index (χ4v) is 4.59. The SMILES string of the molecule is COc1ccc(-c2nc(CN(C)Cc3nc4ccccc4s3)c(C)o2)c(OC)c1C. The van der Waals surface area contributed by atoms with Crippen molar-refractivity contribution < 1.29 is 13.9 Å². The Morgan fingerprint density at radius 2 is 1.80 bits per heavy atom.